The van der Waals surface area contributed by atoms with Crippen molar-refractivity contribution in [1.82, 2.24) is 0 Å². The third-order valence-electron chi connectivity index (χ3n) is 2.83. The third-order valence-corrected chi connectivity index (χ3v) is 3.64. The van der Waals surface area contributed by atoms with E-state index in [0.717, 1.165) is 4.47 Å². The lowest BCUT2D eigenvalue weighted by molar-refractivity contribution is -0.118. The minimum atomic E-state index is -0.338. The molecule has 23 heavy (non-hydrogen) atoms. The molecule has 0 aromatic heterocycles. The molecule has 0 spiro atoms. The Labute approximate surface area is 146 Å². The maximum atomic E-state index is 11.9. The van der Waals surface area contributed by atoms with Gasteiger partial charge in [0.2, 0.25) is 0 Å². The van der Waals surface area contributed by atoms with Crippen molar-refractivity contribution in [3.8, 4) is 17.6 Å². The smallest absolute Gasteiger partial charge is 0.262 e. The summed E-state index contributed by atoms with van der Waals surface area (Å²) in [5.74, 6) is 0.180. The van der Waals surface area contributed by atoms with Crippen LogP contribution >= 0.6 is 27.5 Å². The Kier molecular flexibility index (Phi) is 5.85. The molecule has 118 valence electrons. The van der Waals surface area contributed by atoms with E-state index < -0.39 is 0 Å². The molecule has 2 aromatic rings. The number of methoxy groups -OCH3 is 1. The van der Waals surface area contributed by atoms with E-state index in [9.17, 15) is 4.79 Å². The number of ether oxygens (including phenoxy) is 2. The molecule has 0 radical (unpaired) electrons. The molecule has 0 saturated carbocycles. The summed E-state index contributed by atoms with van der Waals surface area (Å²) in [5, 5.41) is 11.8. The first-order valence-corrected chi connectivity index (χ1v) is 7.66. The number of nitrogens with one attached hydrogen (secondary N) is 1. The summed E-state index contributed by atoms with van der Waals surface area (Å²) in [4.78, 5) is 11.9. The second kappa shape index (κ2) is 7.86. The molecule has 0 aliphatic heterocycles. The minimum Gasteiger partial charge on any atom is -0.493 e. The monoisotopic (exact) mass is 394 g/mol. The molecule has 0 saturated heterocycles. The highest BCUT2D eigenvalue weighted by Gasteiger charge is 2.14. The summed E-state index contributed by atoms with van der Waals surface area (Å²) in [6.45, 7) is -0.238. The van der Waals surface area contributed by atoms with Crippen LogP contribution in [-0.2, 0) is 4.79 Å². The van der Waals surface area contributed by atoms with Crippen molar-refractivity contribution in [2.24, 2.45) is 0 Å². The third kappa shape index (κ3) is 4.62. The van der Waals surface area contributed by atoms with Crippen molar-refractivity contribution in [3.05, 3.63) is 51.5 Å². The summed E-state index contributed by atoms with van der Waals surface area (Å²) in [6.07, 6.45) is 0. The summed E-state index contributed by atoms with van der Waals surface area (Å²) < 4.78 is 11.5. The van der Waals surface area contributed by atoms with Crippen molar-refractivity contribution in [2.45, 2.75) is 0 Å². The van der Waals surface area contributed by atoms with Gasteiger partial charge in [0, 0.05) is 16.2 Å². The molecule has 0 heterocycles. The number of rotatable bonds is 5. The van der Waals surface area contributed by atoms with Gasteiger partial charge < -0.3 is 14.8 Å². The van der Waals surface area contributed by atoms with Crippen LogP contribution in [0.1, 0.15) is 5.56 Å². The molecule has 0 aliphatic carbocycles. The van der Waals surface area contributed by atoms with Gasteiger partial charge in [0.15, 0.2) is 18.1 Å². The maximum absolute atomic E-state index is 11.9. The van der Waals surface area contributed by atoms with Gasteiger partial charge in [-0.05, 0) is 30.3 Å². The van der Waals surface area contributed by atoms with Crippen LogP contribution in [0.15, 0.2) is 40.9 Å². The Hall–Kier alpha value is -2.23. The number of carbonyl (C=O) groups is 1. The van der Waals surface area contributed by atoms with Gasteiger partial charge in [-0.2, -0.15) is 5.26 Å². The Bertz CT molecular complexity index is 757. The summed E-state index contributed by atoms with van der Waals surface area (Å²) in [5.41, 5.74) is 0.998. The largest absolute Gasteiger partial charge is 0.493 e. The molecule has 1 N–H and O–H groups in total. The highest BCUT2D eigenvalue weighted by molar-refractivity contribution is 9.10. The molecule has 0 fully saturated rings. The lowest BCUT2D eigenvalue weighted by atomic mass is 10.2. The number of benzene rings is 2. The number of halogens is 2. The second-order valence-electron chi connectivity index (χ2n) is 4.45. The van der Waals surface area contributed by atoms with Crippen LogP contribution in [0.2, 0.25) is 5.02 Å². The molecule has 7 heteroatoms. The van der Waals surface area contributed by atoms with Crippen molar-refractivity contribution in [2.75, 3.05) is 19.0 Å². The number of anilines is 1. The Morgan fingerprint density at radius 2 is 2.04 bits per heavy atom. The van der Waals surface area contributed by atoms with Crippen LogP contribution in [0.25, 0.3) is 0 Å². The lowest BCUT2D eigenvalue weighted by Crippen LogP contribution is -2.20. The molecule has 2 rings (SSSR count). The van der Waals surface area contributed by atoms with Crippen LogP contribution in [0.4, 0.5) is 5.69 Å². The van der Waals surface area contributed by atoms with E-state index in [2.05, 4.69) is 21.2 Å². The van der Waals surface area contributed by atoms with Gasteiger partial charge in [-0.1, -0.05) is 27.5 Å². The number of amides is 1. The lowest BCUT2D eigenvalue weighted by Gasteiger charge is -2.12. The average Bonchev–Trinajstić information content (AvgIpc) is 2.55. The van der Waals surface area contributed by atoms with Crippen molar-refractivity contribution < 1.29 is 14.3 Å². The average molecular weight is 396 g/mol. The molecular weight excluding hydrogens is 384 g/mol. The Morgan fingerprint density at radius 1 is 1.35 bits per heavy atom. The molecule has 1 amide bonds. The number of nitriles is 1. The van der Waals surface area contributed by atoms with Crippen molar-refractivity contribution in [3.63, 3.8) is 0 Å². The zero-order chi connectivity index (χ0) is 16.8. The van der Waals surface area contributed by atoms with Gasteiger partial charge in [0.1, 0.15) is 0 Å². The van der Waals surface area contributed by atoms with Crippen molar-refractivity contribution >= 4 is 39.1 Å². The van der Waals surface area contributed by atoms with E-state index in [-0.39, 0.29) is 23.3 Å². The zero-order valence-electron chi connectivity index (χ0n) is 12.1. The minimum absolute atomic E-state index is 0.206. The van der Waals surface area contributed by atoms with E-state index in [0.29, 0.717) is 17.0 Å². The summed E-state index contributed by atoms with van der Waals surface area (Å²) in [7, 11) is 1.43. The van der Waals surface area contributed by atoms with Crippen molar-refractivity contribution in [1.29, 1.82) is 5.26 Å². The normalized spacial score (nSPS) is 9.83. The number of nitrogens with zero attached hydrogens (tertiary/aromatic N) is 1. The predicted molar refractivity (Wildman–Crippen MR) is 91.0 cm³/mol. The number of hydrogen-bond donors (Lipinski definition) is 1. The van der Waals surface area contributed by atoms with E-state index in [1.54, 1.807) is 12.1 Å². The predicted octanol–water partition coefficient (Wildman–Crippen LogP) is 4.00. The molecule has 0 unspecified atom stereocenters. The van der Waals surface area contributed by atoms with Gasteiger partial charge in [0.05, 0.1) is 23.8 Å². The fourth-order valence-corrected chi connectivity index (χ4v) is 2.32. The zero-order valence-corrected chi connectivity index (χ0v) is 14.4. The first kappa shape index (κ1) is 17.1. The van der Waals surface area contributed by atoms with Gasteiger partial charge in [-0.3, -0.25) is 4.79 Å². The highest BCUT2D eigenvalue weighted by Crippen LogP contribution is 2.36. The second-order valence-corrected chi connectivity index (χ2v) is 5.77. The van der Waals surface area contributed by atoms with Gasteiger partial charge in [-0.15, -0.1) is 0 Å². The fourth-order valence-electron chi connectivity index (χ4n) is 1.79. The van der Waals surface area contributed by atoms with Crippen LogP contribution in [-0.4, -0.2) is 19.6 Å². The number of hydrogen-bond acceptors (Lipinski definition) is 4. The summed E-state index contributed by atoms with van der Waals surface area (Å²) >= 11 is 9.38. The van der Waals surface area contributed by atoms with Crippen LogP contribution in [0.5, 0.6) is 11.5 Å². The first-order chi connectivity index (χ1) is 11.0. The van der Waals surface area contributed by atoms with Crippen LogP contribution < -0.4 is 14.8 Å². The molecule has 2 aromatic carbocycles. The topological polar surface area (TPSA) is 71.3 Å². The van der Waals surface area contributed by atoms with Gasteiger partial charge in [-0.25, -0.2) is 0 Å². The van der Waals surface area contributed by atoms with E-state index in [4.69, 9.17) is 26.3 Å². The SMILES string of the molecule is COc1cc(C#N)cc(Cl)c1OCC(=O)Nc1ccc(Br)cc1. The summed E-state index contributed by atoms with van der Waals surface area (Å²) in [6, 6.07) is 12.1. The number of carbonyl (C=O) groups excluding carboxylic acids is 1. The molecule has 0 atom stereocenters. The maximum Gasteiger partial charge on any atom is 0.262 e. The van der Waals surface area contributed by atoms with Gasteiger partial charge >= 0.3 is 0 Å². The fraction of sp³-hybridized carbons (Fsp3) is 0.125. The Balaban J connectivity index is 2.04. The molecule has 0 bridgehead atoms. The highest BCUT2D eigenvalue weighted by atomic mass is 79.9. The van der Waals surface area contributed by atoms with Crippen LogP contribution in [0, 0.1) is 11.3 Å². The van der Waals surface area contributed by atoms with Gasteiger partial charge in [0.25, 0.3) is 5.91 Å². The molecular formula is C16H12BrClN2O3. The van der Waals surface area contributed by atoms with Crippen LogP contribution in [0.3, 0.4) is 0 Å². The van der Waals surface area contributed by atoms with E-state index in [1.807, 2.05) is 18.2 Å². The molecule has 5 nitrogen and oxygen atoms in total. The Morgan fingerprint density at radius 3 is 2.65 bits per heavy atom. The standard InChI is InChI=1S/C16H12BrClN2O3/c1-22-14-7-10(8-19)6-13(18)16(14)23-9-15(21)20-12-4-2-11(17)3-5-12/h2-7H,9H2,1H3,(H,20,21). The molecule has 0 aliphatic rings. The first-order valence-electron chi connectivity index (χ1n) is 6.49. The van der Waals surface area contributed by atoms with E-state index in [1.165, 1.54) is 19.2 Å². The quantitative estimate of drug-likeness (QED) is 0.830. The van der Waals surface area contributed by atoms with E-state index >= 15 is 0 Å².